The molecule has 5 N–H and O–H groups in total. The highest BCUT2D eigenvalue weighted by molar-refractivity contribution is 7.57. The van der Waals surface area contributed by atoms with Gasteiger partial charge in [-0.2, -0.15) is 10.4 Å². The highest BCUT2D eigenvalue weighted by Crippen LogP contribution is 2.47. The van der Waals surface area contributed by atoms with Crippen molar-refractivity contribution < 1.29 is 33.4 Å². The second kappa shape index (κ2) is 9.20. The standard InChI is InChI=1S/C14H23N4O9P/c1-7-5-18(14(22)16-12(7)20)11-4-9(19)10(26-11)6-25-28(23,27-15)17-8(2)13(21)24-3/h5,8-11,19H,4,6,15H2,1-3H3,(H,17,23)(H,16,20,22)/q+1/t8-,9-,10+,11+,28?/m0/s1. The van der Waals surface area contributed by atoms with Gasteiger partial charge in [-0.15, -0.1) is 9.71 Å². The minimum absolute atomic E-state index is 0.0270. The summed E-state index contributed by atoms with van der Waals surface area (Å²) in [5.74, 6) is 4.28. The number of aryl methyl sites for hydroxylation is 1. The fourth-order valence-electron chi connectivity index (χ4n) is 2.57. The van der Waals surface area contributed by atoms with Gasteiger partial charge in [-0.3, -0.25) is 14.3 Å². The van der Waals surface area contributed by atoms with Crippen LogP contribution in [0.25, 0.3) is 0 Å². The average molecular weight is 422 g/mol. The van der Waals surface area contributed by atoms with E-state index < -0.39 is 56.4 Å². The van der Waals surface area contributed by atoms with Crippen molar-refractivity contribution in [2.75, 3.05) is 13.7 Å². The summed E-state index contributed by atoms with van der Waals surface area (Å²) >= 11 is 0. The first-order chi connectivity index (χ1) is 13.1. The lowest BCUT2D eigenvalue weighted by Gasteiger charge is -2.26. The molecule has 0 spiro atoms. The van der Waals surface area contributed by atoms with Gasteiger partial charge >= 0.3 is 19.8 Å². The van der Waals surface area contributed by atoms with Crippen LogP contribution in [0.5, 0.6) is 0 Å². The van der Waals surface area contributed by atoms with E-state index in [1.54, 1.807) is 0 Å². The van der Waals surface area contributed by atoms with Crippen molar-refractivity contribution in [2.24, 2.45) is 5.90 Å². The quantitative estimate of drug-likeness (QED) is 0.151. The number of hydrogen-bond acceptors (Lipinski definition) is 11. The molecule has 28 heavy (non-hydrogen) atoms. The Balaban J connectivity index is 2.03. The summed E-state index contributed by atoms with van der Waals surface area (Å²) in [5, 5.41) is 12.4. The van der Waals surface area contributed by atoms with Crippen LogP contribution in [0.3, 0.4) is 0 Å². The van der Waals surface area contributed by atoms with Crippen LogP contribution in [0.1, 0.15) is 25.1 Å². The Morgan fingerprint density at radius 2 is 2.32 bits per heavy atom. The number of nitrogens with zero attached hydrogens (tertiary/aromatic N) is 1. The van der Waals surface area contributed by atoms with Gasteiger partial charge in [-0.25, -0.2) is 4.79 Å². The average Bonchev–Trinajstić information content (AvgIpc) is 3.02. The summed E-state index contributed by atoms with van der Waals surface area (Å²) in [6, 6.07) is -1.04. The SMILES string of the molecule is C[O+]C(=O)[C@H](C)N[P+]([O-])(ON)OC[C@H]1O[C@@H](n2cc(C)c(=O)[nH]c2=O)C[C@@H]1O. The molecule has 1 aromatic rings. The Morgan fingerprint density at radius 1 is 1.64 bits per heavy atom. The molecule has 1 aliphatic heterocycles. The fourth-order valence-corrected chi connectivity index (χ4v) is 3.69. The number of aromatic nitrogens is 2. The van der Waals surface area contributed by atoms with Gasteiger partial charge in [-0.1, -0.05) is 0 Å². The van der Waals surface area contributed by atoms with Gasteiger partial charge in [0.25, 0.3) is 5.56 Å². The van der Waals surface area contributed by atoms with Gasteiger partial charge in [0.2, 0.25) is 6.04 Å². The lowest BCUT2D eigenvalue weighted by Crippen LogP contribution is -2.42. The number of carbonyl (C=O) groups excluding carboxylic acids is 1. The Kier molecular flexibility index (Phi) is 7.42. The smallest absolute Gasteiger partial charge is 0.594 e. The number of nitrogens with two attached hydrogens (primary N) is 1. The Hall–Kier alpha value is -1.70. The minimum Gasteiger partial charge on any atom is -0.615 e. The van der Waals surface area contributed by atoms with E-state index in [1.807, 2.05) is 0 Å². The van der Waals surface area contributed by atoms with Crippen LogP contribution in [0.2, 0.25) is 0 Å². The van der Waals surface area contributed by atoms with E-state index in [4.69, 9.17) is 15.2 Å². The van der Waals surface area contributed by atoms with Crippen molar-refractivity contribution in [3.8, 4) is 0 Å². The monoisotopic (exact) mass is 422 g/mol. The fraction of sp³-hybridized carbons (Fsp3) is 0.643. The van der Waals surface area contributed by atoms with E-state index >= 15 is 0 Å². The highest BCUT2D eigenvalue weighted by atomic mass is 31.2. The number of carbonyl (C=O) groups is 1. The summed E-state index contributed by atoms with van der Waals surface area (Å²) in [6.45, 7) is 2.47. The Labute approximate surface area is 159 Å². The zero-order valence-electron chi connectivity index (χ0n) is 15.5. The zero-order valence-corrected chi connectivity index (χ0v) is 16.4. The van der Waals surface area contributed by atoms with Crippen molar-refractivity contribution in [2.45, 2.75) is 44.7 Å². The minimum atomic E-state index is -4.10. The lowest BCUT2D eigenvalue weighted by atomic mass is 10.2. The molecule has 0 amide bonds. The largest absolute Gasteiger partial charge is 0.615 e. The topological polar surface area (TPSA) is 192 Å². The molecule has 157 valence electrons. The van der Waals surface area contributed by atoms with Crippen molar-refractivity contribution in [3.05, 3.63) is 32.6 Å². The van der Waals surface area contributed by atoms with Crippen molar-refractivity contribution in [1.82, 2.24) is 14.6 Å². The third-order valence-corrected chi connectivity index (χ3v) is 5.58. The summed E-state index contributed by atoms with van der Waals surface area (Å²) in [6.07, 6.45) is -1.56. The van der Waals surface area contributed by atoms with Crippen molar-refractivity contribution in [3.63, 3.8) is 0 Å². The molecule has 0 bridgehead atoms. The number of methoxy groups -OCH3 is 1. The van der Waals surface area contributed by atoms with E-state index in [0.717, 1.165) is 11.7 Å². The Morgan fingerprint density at radius 3 is 2.93 bits per heavy atom. The number of H-pyrrole nitrogens is 1. The molecular weight excluding hydrogens is 399 g/mol. The predicted octanol–water partition coefficient (Wildman–Crippen LogP) is -2.41. The molecule has 1 unspecified atom stereocenters. The number of rotatable bonds is 8. The van der Waals surface area contributed by atoms with Gasteiger partial charge < -0.3 is 19.5 Å². The predicted molar refractivity (Wildman–Crippen MR) is 93.4 cm³/mol. The van der Waals surface area contributed by atoms with Gasteiger partial charge in [0.05, 0.1) is 10.9 Å². The third-order valence-electron chi connectivity index (χ3n) is 4.11. The number of aromatic amines is 1. The Bertz CT molecular complexity index is 815. The molecule has 13 nitrogen and oxygen atoms in total. The third kappa shape index (κ3) is 5.21. The first-order valence-electron chi connectivity index (χ1n) is 8.24. The summed E-state index contributed by atoms with van der Waals surface area (Å²) in [5.41, 5.74) is -0.926. The first kappa shape index (κ1) is 22.6. The number of aliphatic hydroxyl groups is 1. The molecular formula is C14H23N4O9P+. The normalized spacial score (nSPS) is 25.3. The van der Waals surface area contributed by atoms with E-state index in [2.05, 4.69) is 19.4 Å². The van der Waals surface area contributed by atoms with Gasteiger partial charge in [0.15, 0.2) is 7.11 Å². The van der Waals surface area contributed by atoms with Gasteiger partial charge in [0.1, 0.15) is 18.9 Å². The number of hydrogen-bond donors (Lipinski definition) is 4. The summed E-state index contributed by atoms with van der Waals surface area (Å²) in [4.78, 5) is 49.4. The first-order valence-corrected chi connectivity index (χ1v) is 9.78. The second-order valence-corrected chi connectivity index (χ2v) is 7.91. The van der Waals surface area contributed by atoms with Crippen LogP contribution in [0.15, 0.2) is 15.8 Å². The molecule has 0 aliphatic carbocycles. The van der Waals surface area contributed by atoms with Crippen molar-refractivity contribution >= 4 is 14.1 Å². The summed E-state index contributed by atoms with van der Waals surface area (Å²) < 4.78 is 20.7. The maximum Gasteiger partial charge on any atom is 0.594 e. The zero-order chi connectivity index (χ0) is 21.1. The van der Waals surface area contributed by atoms with Crippen molar-refractivity contribution in [1.29, 1.82) is 0 Å². The second-order valence-electron chi connectivity index (χ2n) is 6.18. The van der Waals surface area contributed by atoms with Gasteiger partial charge in [0, 0.05) is 18.2 Å². The van der Waals surface area contributed by atoms with E-state index in [-0.39, 0.29) is 6.42 Å². The highest BCUT2D eigenvalue weighted by Gasteiger charge is 2.43. The van der Waals surface area contributed by atoms with Crippen LogP contribution in [-0.4, -0.2) is 52.6 Å². The maximum absolute atomic E-state index is 12.4. The summed E-state index contributed by atoms with van der Waals surface area (Å²) in [7, 11) is -2.95. The van der Waals surface area contributed by atoms with E-state index in [1.165, 1.54) is 20.0 Å². The molecule has 1 aromatic heterocycles. The van der Waals surface area contributed by atoms with Crippen LogP contribution in [-0.2, 0) is 23.4 Å². The molecule has 0 aromatic carbocycles. The molecule has 1 saturated heterocycles. The van der Waals surface area contributed by atoms with Crippen LogP contribution < -0.4 is 27.1 Å². The lowest BCUT2D eigenvalue weighted by molar-refractivity contribution is -0.228. The molecule has 0 saturated carbocycles. The van der Waals surface area contributed by atoms with Crippen LogP contribution in [0.4, 0.5) is 0 Å². The molecule has 2 heterocycles. The maximum atomic E-state index is 12.4. The molecule has 14 heteroatoms. The number of nitrogens with one attached hydrogen (secondary N) is 2. The number of aliphatic hydroxyl groups excluding tert-OH is 1. The van der Waals surface area contributed by atoms with E-state index in [9.17, 15) is 24.4 Å². The van der Waals surface area contributed by atoms with E-state index in [0.29, 0.717) is 5.56 Å². The molecule has 1 radical (unpaired) electrons. The molecule has 1 aliphatic rings. The molecule has 1 fully saturated rings. The van der Waals surface area contributed by atoms with Crippen LogP contribution in [0, 0.1) is 6.92 Å². The van der Waals surface area contributed by atoms with Crippen LogP contribution >= 0.6 is 8.09 Å². The number of ether oxygens (including phenoxy) is 2. The van der Waals surface area contributed by atoms with Gasteiger partial charge in [-0.05, 0) is 13.8 Å². The molecule has 2 rings (SSSR count). The number of esters is 1. The molecule has 5 atom stereocenters.